The van der Waals surface area contributed by atoms with Gasteiger partial charge in [-0.15, -0.1) is 0 Å². The average molecular weight is 290 g/mol. The zero-order valence-electron chi connectivity index (χ0n) is 13.2. The van der Waals surface area contributed by atoms with Crippen LogP contribution in [0.25, 0.3) is 0 Å². The van der Waals surface area contributed by atoms with E-state index in [4.69, 9.17) is 0 Å². The van der Waals surface area contributed by atoms with Gasteiger partial charge in [0.15, 0.2) is 0 Å². The highest BCUT2D eigenvalue weighted by Gasteiger charge is 2.33. The summed E-state index contributed by atoms with van der Waals surface area (Å²) in [5.41, 5.74) is -0.00160. The lowest BCUT2D eigenvalue weighted by Gasteiger charge is -2.41. The highest BCUT2D eigenvalue weighted by atomic mass is 32.2. The molecule has 19 heavy (non-hydrogen) atoms. The lowest BCUT2D eigenvalue weighted by atomic mass is 9.70. The van der Waals surface area contributed by atoms with E-state index >= 15 is 0 Å². The van der Waals surface area contributed by atoms with Crippen molar-refractivity contribution in [1.29, 1.82) is 0 Å². The molecule has 0 spiro atoms. The van der Waals surface area contributed by atoms with E-state index in [0.717, 1.165) is 0 Å². The van der Waals surface area contributed by atoms with Gasteiger partial charge in [-0.2, -0.15) is 0 Å². The molecule has 1 rings (SSSR count). The highest BCUT2D eigenvalue weighted by molar-refractivity contribution is 7.88. The van der Waals surface area contributed by atoms with Crippen molar-refractivity contribution in [3.63, 3.8) is 0 Å². The Labute approximate surface area is 118 Å². The van der Waals surface area contributed by atoms with Crippen molar-refractivity contribution in [3.05, 3.63) is 0 Å². The summed E-state index contributed by atoms with van der Waals surface area (Å²) < 4.78 is 25.3. The van der Waals surface area contributed by atoms with E-state index in [2.05, 4.69) is 30.8 Å². The van der Waals surface area contributed by atoms with E-state index in [1.807, 2.05) is 13.8 Å². The van der Waals surface area contributed by atoms with Crippen LogP contribution >= 0.6 is 0 Å². The van der Waals surface area contributed by atoms with E-state index in [0.29, 0.717) is 23.9 Å². The zero-order valence-corrected chi connectivity index (χ0v) is 14.0. The van der Waals surface area contributed by atoms with Crippen LogP contribution in [0.4, 0.5) is 0 Å². The summed E-state index contributed by atoms with van der Waals surface area (Å²) in [5.74, 6) is 0.637. The topological polar surface area (TPSA) is 58.2 Å². The molecule has 114 valence electrons. The van der Waals surface area contributed by atoms with Gasteiger partial charge in [-0.3, -0.25) is 0 Å². The van der Waals surface area contributed by atoms with E-state index in [1.54, 1.807) is 0 Å². The van der Waals surface area contributed by atoms with Crippen LogP contribution in [-0.4, -0.2) is 32.8 Å². The van der Waals surface area contributed by atoms with Crippen LogP contribution in [-0.2, 0) is 10.0 Å². The maximum Gasteiger partial charge on any atom is 0.209 e. The number of sulfonamides is 1. The molecule has 0 heterocycles. The molecule has 1 aliphatic carbocycles. The maximum atomic E-state index is 11.3. The monoisotopic (exact) mass is 290 g/mol. The van der Waals surface area contributed by atoms with Crippen molar-refractivity contribution in [1.82, 2.24) is 10.0 Å². The molecule has 1 aliphatic rings. The molecule has 1 saturated carbocycles. The minimum absolute atomic E-state index is 0.443. The van der Waals surface area contributed by atoms with Crippen LogP contribution in [0, 0.1) is 11.3 Å². The summed E-state index contributed by atoms with van der Waals surface area (Å²) in [7, 11) is -3.16. The Balaban J connectivity index is 2.49. The Hall–Kier alpha value is -0.130. The fraction of sp³-hybridized carbons (Fsp3) is 1.00. The Bertz CT molecular complexity index is 402. The molecular weight excluding hydrogens is 260 g/mol. The van der Waals surface area contributed by atoms with Gasteiger partial charge in [0, 0.05) is 18.1 Å². The van der Waals surface area contributed by atoms with Crippen LogP contribution in [0.2, 0.25) is 0 Å². The molecule has 1 fully saturated rings. The number of hydrogen-bond donors (Lipinski definition) is 2. The molecule has 5 heteroatoms. The normalized spacial score (nSPS) is 28.3. The molecule has 2 atom stereocenters. The first kappa shape index (κ1) is 16.9. The molecule has 0 aromatic rings. The molecule has 0 amide bonds. The first-order valence-corrected chi connectivity index (χ1v) is 9.02. The SMILES string of the molecule is CC1CC(C)(C)CCC1NCC(C)(C)NS(C)(=O)=O. The average Bonchev–Trinajstić information content (AvgIpc) is 2.10. The molecule has 0 saturated heterocycles. The van der Waals surface area contributed by atoms with E-state index in [-0.39, 0.29) is 0 Å². The summed E-state index contributed by atoms with van der Waals surface area (Å²) in [6, 6.07) is 0.494. The third kappa shape index (κ3) is 6.23. The zero-order chi connectivity index (χ0) is 14.9. The Morgan fingerprint density at radius 2 is 1.89 bits per heavy atom. The van der Waals surface area contributed by atoms with Crippen LogP contribution in [0.1, 0.15) is 53.9 Å². The smallest absolute Gasteiger partial charge is 0.209 e. The van der Waals surface area contributed by atoms with E-state index in [1.165, 1.54) is 25.5 Å². The molecule has 0 aliphatic heterocycles. The van der Waals surface area contributed by atoms with Crippen molar-refractivity contribution >= 4 is 10.0 Å². The molecule has 0 bridgehead atoms. The van der Waals surface area contributed by atoms with Gasteiger partial charge in [-0.25, -0.2) is 13.1 Å². The third-order valence-electron chi connectivity index (χ3n) is 3.96. The predicted octanol–water partition coefficient (Wildman–Crippen LogP) is 2.12. The Morgan fingerprint density at radius 3 is 2.37 bits per heavy atom. The lowest BCUT2D eigenvalue weighted by molar-refractivity contribution is 0.145. The van der Waals surface area contributed by atoms with Gasteiger partial charge >= 0.3 is 0 Å². The molecular formula is C14H30N2O2S. The van der Waals surface area contributed by atoms with Gasteiger partial charge in [-0.1, -0.05) is 20.8 Å². The second-order valence-corrected chi connectivity index (χ2v) is 9.38. The van der Waals surface area contributed by atoms with Gasteiger partial charge in [-0.05, 0) is 44.4 Å². The van der Waals surface area contributed by atoms with Crippen LogP contribution < -0.4 is 10.0 Å². The molecule has 2 N–H and O–H groups in total. The molecule has 0 aromatic heterocycles. The number of hydrogen-bond acceptors (Lipinski definition) is 3. The Kier molecular flexibility index (Phi) is 5.08. The summed E-state index contributed by atoms with van der Waals surface area (Å²) in [4.78, 5) is 0. The van der Waals surface area contributed by atoms with Gasteiger partial charge in [0.2, 0.25) is 10.0 Å². The predicted molar refractivity (Wildman–Crippen MR) is 80.6 cm³/mol. The minimum atomic E-state index is -3.16. The number of rotatable bonds is 5. The third-order valence-corrected chi connectivity index (χ3v) is 4.88. The molecule has 0 aromatic carbocycles. The van der Waals surface area contributed by atoms with Crippen LogP contribution in [0.5, 0.6) is 0 Å². The maximum absolute atomic E-state index is 11.3. The number of nitrogens with one attached hydrogen (secondary N) is 2. The lowest BCUT2D eigenvalue weighted by Crippen LogP contribution is -2.53. The molecule has 0 radical (unpaired) electrons. The van der Waals surface area contributed by atoms with Crippen LogP contribution in [0.3, 0.4) is 0 Å². The second kappa shape index (κ2) is 5.70. The summed E-state index contributed by atoms with van der Waals surface area (Å²) in [6.07, 6.45) is 4.84. The highest BCUT2D eigenvalue weighted by Crippen LogP contribution is 2.38. The first-order chi connectivity index (χ1) is 8.40. The van der Waals surface area contributed by atoms with Crippen molar-refractivity contribution in [2.75, 3.05) is 12.8 Å². The molecule has 2 unspecified atom stereocenters. The van der Waals surface area contributed by atoms with Gasteiger partial charge in [0.25, 0.3) is 0 Å². The minimum Gasteiger partial charge on any atom is -0.312 e. The van der Waals surface area contributed by atoms with E-state index in [9.17, 15) is 8.42 Å². The second-order valence-electron chi connectivity index (χ2n) is 7.63. The largest absolute Gasteiger partial charge is 0.312 e. The Morgan fingerprint density at radius 1 is 1.32 bits per heavy atom. The van der Waals surface area contributed by atoms with Crippen LogP contribution in [0.15, 0.2) is 0 Å². The van der Waals surface area contributed by atoms with Crippen molar-refractivity contribution in [2.45, 2.75) is 65.5 Å². The standard InChI is InChI=1S/C14H30N2O2S/c1-11-9-13(2,3)8-7-12(11)15-10-14(4,5)16-19(6,17)18/h11-12,15-16H,7-10H2,1-6H3. The van der Waals surface area contributed by atoms with Gasteiger partial charge < -0.3 is 5.32 Å². The van der Waals surface area contributed by atoms with Crippen molar-refractivity contribution in [2.24, 2.45) is 11.3 Å². The fourth-order valence-electron chi connectivity index (χ4n) is 3.17. The van der Waals surface area contributed by atoms with Crippen molar-refractivity contribution < 1.29 is 8.42 Å². The summed E-state index contributed by atoms with van der Waals surface area (Å²) >= 11 is 0. The fourth-order valence-corrected chi connectivity index (χ4v) is 4.25. The quantitative estimate of drug-likeness (QED) is 0.815. The molecule has 4 nitrogen and oxygen atoms in total. The van der Waals surface area contributed by atoms with Gasteiger partial charge in [0.05, 0.1) is 6.26 Å². The summed E-state index contributed by atoms with van der Waals surface area (Å²) in [5, 5.41) is 3.55. The van der Waals surface area contributed by atoms with Crippen molar-refractivity contribution in [3.8, 4) is 0 Å². The summed E-state index contributed by atoms with van der Waals surface area (Å²) in [6.45, 7) is 11.4. The van der Waals surface area contributed by atoms with E-state index < -0.39 is 15.6 Å². The first-order valence-electron chi connectivity index (χ1n) is 7.13. The van der Waals surface area contributed by atoms with Gasteiger partial charge in [0.1, 0.15) is 0 Å².